The number of aliphatic hydroxyl groups excluding tert-OH is 9. The average molecular weight is 655 g/mol. The number of carbonyl (C=O) groups excluding carboxylic acids is 1. The molecule has 0 aromatic rings. The van der Waals surface area contributed by atoms with Crippen molar-refractivity contribution in [1.82, 2.24) is 0 Å². The van der Waals surface area contributed by atoms with Crippen molar-refractivity contribution in [2.75, 3.05) is 0 Å². The van der Waals surface area contributed by atoms with Crippen LogP contribution in [0.1, 0.15) is 85.0 Å². The molecule has 46 heavy (non-hydrogen) atoms. The molecular formula is C35H58O11. The largest absolute Gasteiger partial charge is 0.459 e. The Morgan fingerprint density at radius 3 is 1.74 bits per heavy atom. The summed E-state index contributed by atoms with van der Waals surface area (Å²) in [6, 6.07) is 0. The van der Waals surface area contributed by atoms with Crippen LogP contribution in [0.25, 0.3) is 0 Å². The molecule has 0 amide bonds. The highest BCUT2D eigenvalue weighted by Gasteiger charge is 2.37. The number of cyclic esters (lactones) is 1. The van der Waals surface area contributed by atoms with Crippen LogP contribution in [0, 0.1) is 5.92 Å². The van der Waals surface area contributed by atoms with Gasteiger partial charge in [-0.3, -0.25) is 4.79 Å². The van der Waals surface area contributed by atoms with Crippen molar-refractivity contribution >= 4 is 5.97 Å². The topological polar surface area (TPSA) is 208 Å². The zero-order chi connectivity index (χ0) is 34.6. The first-order valence-electron chi connectivity index (χ1n) is 16.4. The van der Waals surface area contributed by atoms with Crippen molar-refractivity contribution in [3.63, 3.8) is 0 Å². The van der Waals surface area contributed by atoms with Gasteiger partial charge in [-0.2, -0.15) is 0 Å². The third-order valence-corrected chi connectivity index (χ3v) is 8.03. The first-order valence-corrected chi connectivity index (χ1v) is 16.4. The number of esters is 1. The molecule has 0 fully saturated rings. The maximum atomic E-state index is 13.1. The van der Waals surface area contributed by atoms with Gasteiger partial charge in [0.1, 0.15) is 18.1 Å². The Hall–Kier alpha value is -2.19. The number of carbonyl (C=O) groups is 1. The summed E-state index contributed by atoms with van der Waals surface area (Å²) >= 11 is 0. The van der Waals surface area contributed by atoms with Crippen LogP contribution in [0.2, 0.25) is 0 Å². The number of ether oxygens (including phenoxy) is 1. The lowest BCUT2D eigenvalue weighted by Crippen LogP contribution is -2.43. The van der Waals surface area contributed by atoms with Crippen LogP contribution in [-0.2, 0) is 9.53 Å². The van der Waals surface area contributed by atoms with Crippen LogP contribution < -0.4 is 0 Å². The molecule has 1 aliphatic heterocycles. The van der Waals surface area contributed by atoms with Gasteiger partial charge in [0.15, 0.2) is 0 Å². The second-order valence-electron chi connectivity index (χ2n) is 12.4. The lowest BCUT2D eigenvalue weighted by Gasteiger charge is -2.29. The minimum absolute atomic E-state index is 0.0162. The second kappa shape index (κ2) is 23.2. The van der Waals surface area contributed by atoms with E-state index < -0.39 is 72.9 Å². The summed E-state index contributed by atoms with van der Waals surface area (Å²) in [4.78, 5) is 13.1. The highest BCUT2D eigenvalue weighted by molar-refractivity contribution is 5.74. The normalized spacial score (nSPS) is 38.6. The smallest absolute Gasteiger partial charge is 0.314 e. The second-order valence-corrected chi connectivity index (χ2v) is 12.4. The Bertz CT molecular complexity index is 991. The summed E-state index contributed by atoms with van der Waals surface area (Å²) in [5, 5.41) is 94.8. The van der Waals surface area contributed by atoms with Gasteiger partial charge in [0, 0.05) is 12.8 Å². The third-order valence-electron chi connectivity index (χ3n) is 8.03. The standard InChI is InChI=1S/C35H58O11/c1-4-5-11-16-31(42)34-33(44)22-29(40)20-27(38)18-25(36)17-26(37)19-28(39)21-32(43)23(2)14-12-9-7-6-8-10-13-15-30(41)24(3)46-35(34)45/h6-10,12-15,24-34,36-44H,4-5,11,16-22H2,1-3H3/b7-6+,10-8+,12-9+,15-13+,23-14-/t24-,25-,26+,27-,28+,29-,30-,31+,32+,33-,34-/m0/s1. The molecule has 0 saturated heterocycles. The molecule has 1 heterocycles. The van der Waals surface area contributed by atoms with E-state index in [0.29, 0.717) is 12.0 Å². The molecule has 0 aromatic heterocycles. The maximum Gasteiger partial charge on any atom is 0.314 e. The number of hydrogen-bond acceptors (Lipinski definition) is 11. The first kappa shape index (κ1) is 41.8. The van der Waals surface area contributed by atoms with Crippen LogP contribution >= 0.6 is 0 Å². The van der Waals surface area contributed by atoms with Crippen molar-refractivity contribution in [2.45, 2.75) is 146 Å². The lowest BCUT2D eigenvalue weighted by molar-refractivity contribution is -0.168. The molecule has 0 aliphatic carbocycles. The van der Waals surface area contributed by atoms with E-state index in [9.17, 15) is 50.8 Å². The van der Waals surface area contributed by atoms with Crippen LogP contribution in [0.3, 0.4) is 0 Å². The van der Waals surface area contributed by atoms with Crippen molar-refractivity contribution in [3.8, 4) is 0 Å². The minimum atomic E-state index is -1.52. The fourth-order valence-electron chi connectivity index (χ4n) is 5.27. The van der Waals surface area contributed by atoms with E-state index in [-0.39, 0.29) is 44.9 Å². The van der Waals surface area contributed by atoms with Crippen LogP contribution in [-0.4, -0.2) is 113 Å². The maximum absolute atomic E-state index is 13.1. The predicted molar refractivity (Wildman–Crippen MR) is 175 cm³/mol. The summed E-state index contributed by atoms with van der Waals surface area (Å²) in [6.45, 7) is 5.18. The molecule has 264 valence electrons. The van der Waals surface area contributed by atoms with Gasteiger partial charge in [-0.25, -0.2) is 0 Å². The van der Waals surface area contributed by atoms with Crippen LogP contribution in [0.5, 0.6) is 0 Å². The fourth-order valence-corrected chi connectivity index (χ4v) is 5.27. The Morgan fingerprint density at radius 2 is 1.20 bits per heavy atom. The summed E-state index contributed by atoms with van der Waals surface area (Å²) in [5.41, 5.74) is 0.609. The highest BCUT2D eigenvalue weighted by atomic mass is 16.6. The first-order chi connectivity index (χ1) is 21.7. The van der Waals surface area contributed by atoms with Gasteiger partial charge in [-0.15, -0.1) is 0 Å². The predicted octanol–water partition coefficient (Wildman–Crippen LogP) is 1.89. The molecular weight excluding hydrogens is 596 g/mol. The van der Waals surface area contributed by atoms with Gasteiger partial charge in [-0.05, 0) is 51.5 Å². The molecule has 9 N–H and O–H groups in total. The van der Waals surface area contributed by atoms with Crippen molar-refractivity contribution in [1.29, 1.82) is 0 Å². The lowest BCUT2D eigenvalue weighted by atomic mass is 9.87. The molecule has 1 aliphatic rings. The number of hydrogen-bond donors (Lipinski definition) is 9. The van der Waals surface area contributed by atoms with Crippen molar-refractivity contribution < 1.29 is 55.5 Å². The Labute approximate surface area is 273 Å². The van der Waals surface area contributed by atoms with Gasteiger partial charge in [0.05, 0.1) is 48.8 Å². The summed E-state index contributed by atoms with van der Waals surface area (Å²) in [5.74, 6) is -2.33. The molecule has 11 heteroatoms. The zero-order valence-electron chi connectivity index (χ0n) is 27.5. The van der Waals surface area contributed by atoms with Gasteiger partial charge < -0.3 is 50.7 Å². The van der Waals surface area contributed by atoms with E-state index in [1.807, 2.05) is 6.92 Å². The van der Waals surface area contributed by atoms with E-state index in [1.165, 1.54) is 13.0 Å². The average Bonchev–Trinajstić information content (AvgIpc) is 2.94. The molecule has 1 rings (SSSR count). The number of aliphatic hydroxyl groups is 9. The van der Waals surface area contributed by atoms with E-state index in [2.05, 4.69) is 0 Å². The van der Waals surface area contributed by atoms with E-state index in [1.54, 1.807) is 55.5 Å². The number of rotatable bonds is 5. The SMILES string of the molecule is CCCCC[C@@H](O)[C@@H]1C(=O)O[C@@H](C)[C@@H](O)/C=C/C=C/C=C/C=C/C=C(/C)[C@H](O)C[C@H](O)C[C@H](O)C[C@H](O)C[C@H](O)C[C@H](O)C[C@@H]1O. The summed E-state index contributed by atoms with van der Waals surface area (Å²) < 4.78 is 5.42. The van der Waals surface area contributed by atoms with E-state index in [4.69, 9.17) is 4.74 Å². The van der Waals surface area contributed by atoms with Crippen molar-refractivity contribution in [2.24, 2.45) is 5.92 Å². The summed E-state index contributed by atoms with van der Waals surface area (Å²) in [7, 11) is 0. The molecule has 0 radical (unpaired) electrons. The quantitative estimate of drug-likeness (QED) is 0.154. The van der Waals surface area contributed by atoms with Gasteiger partial charge in [0.2, 0.25) is 0 Å². The number of allylic oxidation sites excluding steroid dienone is 8. The molecule has 11 atom stereocenters. The Morgan fingerprint density at radius 1 is 0.717 bits per heavy atom. The Kier molecular flexibility index (Phi) is 21.1. The summed E-state index contributed by atoms with van der Waals surface area (Å²) in [6.07, 6.45) is 4.69. The molecule has 0 unspecified atom stereocenters. The number of unbranched alkanes of at least 4 members (excludes halogenated alkanes) is 2. The molecule has 0 saturated carbocycles. The zero-order valence-corrected chi connectivity index (χ0v) is 27.5. The fraction of sp³-hybridized carbons (Fsp3) is 0.686. The van der Waals surface area contributed by atoms with Gasteiger partial charge in [-0.1, -0.05) is 80.9 Å². The molecule has 0 bridgehead atoms. The molecule has 0 spiro atoms. The van der Waals surface area contributed by atoms with Gasteiger partial charge in [0.25, 0.3) is 0 Å². The van der Waals surface area contributed by atoms with E-state index in [0.717, 1.165) is 12.8 Å². The third kappa shape index (κ3) is 17.7. The minimum Gasteiger partial charge on any atom is -0.459 e. The van der Waals surface area contributed by atoms with Crippen molar-refractivity contribution in [3.05, 3.63) is 60.3 Å². The van der Waals surface area contributed by atoms with Crippen LogP contribution in [0.15, 0.2) is 60.3 Å². The van der Waals surface area contributed by atoms with E-state index >= 15 is 0 Å². The van der Waals surface area contributed by atoms with Crippen LogP contribution in [0.4, 0.5) is 0 Å². The molecule has 11 nitrogen and oxygen atoms in total. The molecule has 0 aromatic carbocycles. The Balaban J connectivity index is 3.14. The highest BCUT2D eigenvalue weighted by Crippen LogP contribution is 2.24. The monoisotopic (exact) mass is 654 g/mol. The van der Waals surface area contributed by atoms with Gasteiger partial charge >= 0.3 is 5.97 Å².